The Labute approximate surface area is 214 Å². The van der Waals surface area contributed by atoms with Crippen molar-refractivity contribution in [2.24, 2.45) is 5.73 Å². The molecular formula is C26H30ClN3O6. The number of halogens is 1. The number of nitrogens with two attached hydrogens (primary N) is 1. The van der Waals surface area contributed by atoms with E-state index in [4.69, 9.17) is 24.7 Å². The van der Waals surface area contributed by atoms with E-state index < -0.39 is 0 Å². The zero-order valence-corrected chi connectivity index (χ0v) is 21.2. The highest BCUT2D eigenvalue weighted by atomic mass is 35.5. The number of ketones is 1. The Morgan fingerprint density at radius 2 is 1.56 bits per heavy atom. The molecule has 0 bridgehead atoms. The fourth-order valence-corrected chi connectivity index (χ4v) is 4.84. The second kappa shape index (κ2) is 10.8. The predicted octanol–water partition coefficient (Wildman–Crippen LogP) is 3.10. The van der Waals surface area contributed by atoms with Crippen molar-refractivity contribution in [1.82, 2.24) is 9.88 Å². The van der Waals surface area contributed by atoms with Crippen LogP contribution < -0.4 is 35.6 Å². The lowest BCUT2D eigenvalue weighted by Crippen LogP contribution is -2.26. The minimum absolute atomic E-state index is 0. The highest BCUT2D eigenvalue weighted by Gasteiger charge is 2.35. The van der Waals surface area contributed by atoms with Gasteiger partial charge in [-0.15, -0.1) is 12.4 Å². The largest absolute Gasteiger partial charge is 0.493 e. The van der Waals surface area contributed by atoms with Gasteiger partial charge in [0.2, 0.25) is 6.79 Å². The minimum Gasteiger partial charge on any atom is -0.493 e. The number of nitrogens with zero attached hydrogens (tertiary/aromatic N) is 1. The van der Waals surface area contributed by atoms with Crippen LogP contribution in [0.2, 0.25) is 0 Å². The summed E-state index contributed by atoms with van der Waals surface area (Å²) in [5.41, 5.74) is 7.64. The molecule has 0 spiro atoms. The SMILES string of the molecule is COc1cc2c3c(n(CCCNCCCCN)c(=O)c2cc1OC)-c1cc2c(cc1C3=O)OCO2.Cl. The van der Waals surface area contributed by atoms with Gasteiger partial charge in [0.1, 0.15) is 0 Å². The number of carbonyl (C=O) groups excluding carboxylic acids is 1. The molecule has 9 nitrogen and oxygen atoms in total. The molecule has 0 fully saturated rings. The summed E-state index contributed by atoms with van der Waals surface area (Å²) in [6, 6.07) is 6.87. The average Bonchev–Trinajstić information content (AvgIpc) is 3.45. The van der Waals surface area contributed by atoms with Gasteiger partial charge in [-0.3, -0.25) is 9.59 Å². The van der Waals surface area contributed by atoms with Crippen LogP contribution in [0, 0.1) is 0 Å². The quantitative estimate of drug-likeness (QED) is 0.310. The molecule has 36 heavy (non-hydrogen) atoms. The number of unbranched alkanes of at least 4 members (excludes halogenated alkanes) is 1. The fraction of sp³-hybridized carbons (Fsp3) is 0.385. The van der Waals surface area contributed by atoms with E-state index in [1.807, 2.05) is 0 Å². The topological polar surface area (TPSA) is 114 Å². The lowest BCUT2D eigenvalue weighted by atomic mass is 10.0. The Morgan fingerprint density at radius 1 is 0.917 bits per heavy atom. The summed E-state index contributed by atoms with van der Waals surface area (Å²) in [7, 11) is 3.05. The Morgan fingerprint density at radius 3 is 2.22 bits per heavy atom. The molecule has 0 radical (unpaired) electrons. The normalized spacial score (nSPS) is 12.9. The summed E-state index contributed by atoms with van der Waals surface area (Å²) < 4.78 is 23.7. The molecule has 3 N–H and O–H groups in total. The van der Waals surface area contributed by atoms with Crippen molar-refractivity contribution < 1.29 is 23.7 Å². The van der Waals surface area contributed by atoms with Gasteiger partial charge in [0, 0.05) is 23.1 Å². The van der Waals surface area contributed by atoms with Crippen LogP contribution in [0.4, 0.5) is 0 Å². The third kappa shape index (κ3) is 4.27. The fourth-order valence-electron chi connectivity index (χ4n) is 4.84. The lowest BCUT2D eigenvalue weighted by Gasteiger charge is -2.17. The number of aromatic nitrogens is 1. The first-order chi connectivity index (χ1) is 17.1. The van der Waals surface area contributed by atoms with Gasteiger partial charge in [-0.05, 0) is 63.2 Å². The highest BCUT2D eigenvalue weighted by Crippen LogP contribution is 2.46. The van der Waals surface area contributed by atoms with Crippen LogP contribution in [0.1, 0.15) is 35.2 Å². The second-order valence-electron chi connectivity index (χ2n) is 8.61. The molecule has 1 aromatic heterocycles. The van der Waals surface area contributed by atoms with E-state index >= 15 is 0 Å². The van der Waals surface area contributed by atoms with E-state index in [1.165, 1.54) is 14.2 Å². The number of ether oxygens (including phenoxy) is 4. The monoisotopic (exact) mass is 515 g/mol. The second-order valence-corrected chi connectivity index (χ2v) is 8.61. The number of pyridine rings is 1. The predicted molar refractivity (Wildman–Crippen MR) is 139 cm³/mol. The summed E-state index contributed by atoms with van der Waals surface area (Å²) in [6.45, 7) is 2.87. The van der Waals surface area contributed by atoms with Crippen LogP contribution in [0.15, 0.2) is 29.1 Å². The van der Waals surface area contributed by atoms with Gasteiger partial charge in [0.05, 0.1) is 30.9 Å². The number of fused-ring (bicyclic) bond motifs is 6. The van der Waals surface area contributed by atoms with Gasteiger partial charge >= 0.3 is 0 Å². The molecule has 0 amide bonds. The van der Waals surface area contributed by atoms with E-state index in [-0.39, 0.29) is 30.5 Å². The van der Waals surface area contributed by atoms with Crippen LogP contribution in [-0.2, 0) is 6.54 Å². The van der Waals surface area contributed by atoms with E-state index in [0.717, 1.165) is 32.4 Å². The Hall–Kier alpha value is -3.27. The standard InChI is InChI=1S/C26H29N3O6.ClH/c1-32-19-10-15-18(13-20(19)33-2)26(31)29(9-5-8-28-7-4-3-6-27)24-16-11-21-22(35-14-34-21)12-17(16)25(30)23(15)24;/h10-13,28H,3-9,14,27H2,1-2H3;1H. The molecule has 0 atom stereocenters. The maximum atomic E-state index is 13.8. The van der Waals surface area contributed by atoms with Crippen molar-refractivity contribution in [3.05, 3.63) is 45.7 Å². The van der Waals surface area contributed by atoms with E-state index in [1.54, 1.807) is 28.8 Å². The highest BCUT2D eigenvalue weighted by molar-refractivity contribution is 6.27. The molecule has 5 rings (SSSR count). The van der Waals surface area contributed by atoms with Crippen LogP contribution in [0.3, 0.4) is 0 Å². The molecule has 10 heteroatoms. The third-order valence-corrected chi connectivity index (χ3v) is 6.56. The average molecular weight is 516 g/mol. The number of hydrogen-bond donors (Lipinski definition) is 2. The summed E-state index contributed by atoms with van der Waals surface area (Å²) >= 11 is 0. The Balaban J connectivity index is 0.00000304. The minimum atomic E-state index is -0.179. The van der Waals surface area contributed by atoms with Gasteiger partial charge < -0.3 is 34.6 Å². The number of methoxy groups -OCH3 is 2. The maximum Gasteiger partial charge on any atom is 0.259 e. The van der Waals surface area contributed by atoms with Crippen molar-refractivity contribution in [1.29, 1.82) is 0 Å². The summed E-state index contributed by atoms with van der Waals surface area (Å²) in [5.74, 6) is 1.84. The van der Waals surface area contributed by atoms with Crippen molar-refractivity contribution in [3.8, 4) is 34.3 Å². The first-order valence-corrected chi connectivity index (χ1v) is 11.8. The summed E-state index contributed by atoms with van der Waals surface area (Å²) in [5, 5.41) is 4.36. The van der Waals surface area contributed by atoms with E-state index in [9.17, 15) is 9.59 Å². The molecular weight excluding hydrogens is 486 g/mol. The van der Waals surface area contributed by atoms with Gasteiger partial charge in [0.25, 0.3) is 5.56 Å². The van der Waals surface area contributed by atoms with Gasteiger partial charge in [-0.25, -0.2) is 0 Å². The molecule has 0 saturated heterocycles. The Kier molecular flexibility index (Phi) is 7.73. The first kappa shape index (κ1) is 25.8. The number of carbonyl (C=O) groups is 1. The first-order valence-electron chi connectivity index (χ1n) is 11.8. The lowest BCUT2D eigenvalue weighted by molar-refractivity contribution is 0.104. The molecule has 2 aliphatic rings. The van der Waals surface area contributed by atoms with Crippen LogP contribution in [-0.4, -0.2) is 51.0 Å². The molecule has 0 saturated carbocycles. The molecule has 192 valence electrons. The van der Waals surface area contributed by atoms with Gasteiger partial charge in [-0.1, -0.05) is 0 Å². The third-order valence-electron chi connectivity index (χ3n) is 6.56. The van der Waals surface area contributed by atoms with Crippen molar-refractivity contribution >= 4 is 29.0 Å². The molecule has 1 aliphatic carbocycles. The smallest absolute Gasteiger partial charge is 0.259 e. The van der Waals surface area contributed by atoms with Crippen LogP contribution >= 0.6 is 12.4 Å². The number of benzene rings is 2. The molecule has 2 heterocycles. The zero-order valence-electron chi connectivity index (χ0n) is 20.3. The zero-order chi connectivity index (χ0) is 24.5. The molecule has 1 aliphatic heterocycles. The molecule has 3 aromatic rings. The maximum absolute atomic E-state index is 13.8. The Bertz CT molecular complexity index is 1370. The van der Waals surface area contributed by atoms with Crippen LogP contribution in [0.25, 0.3) is 22.0 Å². The van der Waals surface area contributed by atoms with E-state index in [0.29, 0.717) is 69.2 Å². The number of nitrogens with one attached hydrogen (secondary N) is 1. The van der Waals surface area contributed by atoms with Gasteiger partial charge in [0.15, 0.2) is 28.8 Å². The van der Waals surface area contributed by atoms with Crippen LogP contribution in [0.5, 0.6) is 23.0 Å². The summed E-state index contributed by atoms with van der Waals surface area (Å²) in [6.07, 6.45) is 2.71. The van der Waals surface area contributed by atoms with Crippen molar-refractivity contribution in [3.63, 3.8) is 0 Å². The number of rotatable bonds is 10. The van der Waals surface area contributed by atoms with Gasteiger partial charge in [-0.2, -0.15) is 0 Å². The molecule has 2 aromatic carbocycles. The number of hydrogen-bond acceptors (Lipinski definition) is 8. The molecule has 0 unspecified atom stereocenters. The van der Waals surface area contributed by atoms with Crippen molar-refractivity contribution in [2.45, 2.75) is 25.8 Å². The van der Waals surface area contributed by atoms with Crippen molar-refractivity contribution in [2.75, 3.05) is 40.6 Å². The summed E-state index contributed by atoms with van der Waals surface area (Å²) in [4.78, 5) is 27.5. The van der Waals surface area contributed by atoms with E-state index in [2.05, 4.69) is 5.32 Å².